The molecule has 0 amide bonds. The molecular weight excluding hydrogens is 414 g/mol. The summed E-state index contributed by atoms with van der Waals surface area (Å²) in [7, 11) is 0. The summed E-state index contributed by atoms with van der Waals surface area (Å²) in [6.45, 7) is -0.163. The predicted octanol–water partition coefficient (Wildman–Crippen LogP) is 4.79. The number of anilines is 2. The number of para-hydroxylation sites is 2. The van der Waals surface area contributed by atoms with Crippen LogP contribution >= 0.6 is 0 Å². The molecule has 0 unspecified atom stereocenters. The summed E-state index contributed by atoms with van der Waals surface area (Å²) in [5.41, 5.74) is 1.60. The third-order valence-electron chi connectivity index (χ3n) is 4.84. The molecule has 0 fully saturated rings. The minimum Gasteiger partial charge on any atom is -0.392 e. The zero-order chi connectivity index (χ0) is 22.7. The number of halogens is 2. The molecule has 32 heavy (non-hydrogen) atoms. The van der Waals surface area contributed by atoms with Gasteiger partial charge < -0.3 is 15.7 Å². The van der Waals surface area contributed by atoms with E-state index in [1.807, 2.05) is 0 Å². The summed E-state index contributed by atoms with van der Waals surface area (Å²) < 4.78 is 27.6. The Kier molecular flexibility index (Phi) is 5.91. The summed E-state index contributed by atoms with van der Waals surface area (Å²) in [5.74, 6) is -3.16. The number of benzene rings is 3. The van der Waals surface area contributed by atoms with E-state index in [0.29, 0.717) is 23.0 Å². The van der Waals surface area contributed by atoms with Gasteiger partial charge in [-0.2, -0.15) is 0 Å². The Bertz CT molecular complexity index is 1230. The maximum absolute atomic E-state index is 13.8. The van der Waals surface area contributed by atoms with E-state index in [1.54, 1.807) is 54.6 Å². The average Bonchev–Trinajstić information content (AvgIpc) is 3.20. The average molecular weight is 432 g/mol. The van der Waals surface area contributed by atoms with Crippen molar-refractivity contribution in [1.82, 2.24) is 0 Å². The van der Waals surface area contributed by atoms with Crippen LogP contribution in [0.4, 0.5) is 20.2 Å². The molecule has 0 spiro atoms. The number of hydrogen-bond donors (Lipinski definition) is 3. The van der Waals surface area contributed by atoms with Crippen LogP contribution in [0.5, 0.6) is 0 Å². The number of ketones is 2. The van der Waals surface area contributed by atoms with Gasteiger partial charge in [-0.25, -0.2) is 8.78 Å². The molecule has 5 nitrogen and oxygen atoms in total. The van der Waals surface area contributed by atoms with Crippen LogP contribution in [-0.2, 0) is 0 Å². The molecule has 4 rings (SSSR count). The van der Waals surface area contributed by atoms with Crippen LogP contribution in [0.15, 0.2) is 84.2 Å². The highest BCUT2D eigenvalue weighted by atomic mass is 19.1. The van der Waals surface area contributed by atoms with E-state index in [2.05, 4.69) is 10.6 Å². The smallest absolute Gasteiger partial charge is 0.200 e. The zero-order valence-electron chi connectivity index (χ0n) is 16.7. The van der Waals surface area contributed by atoms with Crippen molar-refractivity contribution in [3.05, 3.63) is 113 Å². The Morgan fingerprint density at radius 3 is 2.06 bits per heavy atom. The monoisotopic (exact) mass is 432 g/mol. The second-order valence-electron chi connectivity index (χ2n) is 7.07. The van der Waals surface area contributed by atoms with Crippen molar-refractivity contribution in [3.63, 3.8) is 0 Å². The SMILES string of the molecule is O=C(C(C(=O)c1cccc(/C=C/CO)c1)=C1Nc2ccccc2N1)c1cc(F)cc(F)c1. The first-order chi connectivity index (χ1) is 15.5. The molecule has 3 N–H and O–H groups in total. The lowest BCUT2D eigenvalue weighted by Crippen LogP contribution is -2.21. The highest BCUT2D eigenvalue weighted by Crippen LogP contribution is 2.32. The van der Waals surface area contributed by atoms with E-state index in [-0.39, 0.29) is 29.1 Å². The summed E-state index contributed by atoms with van der Waals surface area (Å²) in [5, 5.41) is 15.0. The highest BCUT2D eigenvalue weighted by molar-refractivity contribution is 6.32. The van der Waals surface area contributed by atoms with E-state index >= 15 is 0 Å². The van der Waals surface area contributed by atoms with Crippen molar-refractivity contribution in [1.29, 1.82) is 0 Å². The quantitative estimate of drug-likeness (QED) is 0.226. The van der Waals surface area contributed by atoms with Gasteiger partial charge in [0.05, 0.1) is 18.0 Å². The van der Waals surface area contributed by atoms with Gasteiger partial charge in [0.2, 0.25) is 11.6 Å². The van der Waals surface area contributed by atoms with Gasteiger partial charge in [-0.05, 0) is 35.9 Å². The molecule has 0 aliphatic carbocycles. The van der Waals surface area contributed by atoms with Crippen LogP contribution in [-0.4, -0.2) is 23.3 Å². The molecule has 0 aromatic heterocycles. The van der Waals surface area contributed by atoms with Crippen LogP contribution in [0.1, 0.15) is 26.3 Å². The summed E-state index contributed by atoms with van der Waals surface area (Å²) in [6.07, 6.45) is 3.15. The molecule has 0 bridgehead atoms. The van der Waals surface area contributed by atoms with Crippen LogP contribution in [0.2, 0.25) is 0 Å². The number of aliphatic hydroxyl groups is 1. The molecule has 3 aromatic rings. The largest absolute Gasteiger partial charge is 0.392 e. The maximum atomic E-state index is 13.8. The minimum absolute atomic E-state index is 0.127. The van der Waals surface area contributed by atoms with Crippen LogP contribution in [0.3, 0.4) is 0 Å². The Labute approximate surface area is 182 Å². The van der Waals surface area contributed by atoms with Gasteiger partial charge in [0, 0.05) is 17.2 Å². The van der Waals surface area contributed by atoms with Crippen LogP contribution in [0, 0.1) is 11.6 Å². The molecule has 7 heteroatoms. The van der Waals surface area contributed by atoms with E-state index in [1.165, 1.54) is 6.08 Å². The molecule has 160 valence electrons. The molecular formula is C25H18F2N2O3. The minimum atomic E-state index is -0.920. The number of aliphatic hydroxyl groups excluding tert-OH is 1. The second-order valence-corrected chi connectivity index (χ2v) is 7.07. The van der Waals surface area contributed by atoms with Gasteiger partial charge >= 0.3 is 0 Å². The summed E-state index contributed by atoms with van der Waals surface area (Å²) in [4.78, 5) is 26.8. The summed E-state index contributed by atoms with van der Waals surface area (Å²) in [6, 6.07) is 16.0. The van der Waals surface area contributed by atoms with E-state index in [0.717, 1.165) is 12.1 Å². The first-order valence-corrected chi connectivity index (χ1v) is 9.76. The Morgan fingerprint density at radius 2 is 1.44 bits per heavy atom. The number of nitrogens with one attached hydrogen (secondary N) is 2. The molecule has 0 atom stereocenters. The zero-order valence-corrected chi connectivity index (χ0v) is 16.7. The van der Waals surface area contributed by atoms with Crippen molar-refractivity contribution < 1.29 is 23.5 Å². The van der Waals surface area contributed by atoms with Gasteiger partial charge in [0.15, 0.2) is 0 Å². The molecule has 0 saturated heterocycles. The van der Waals surface area contributed by atoms with E-state index < -0.39 is 23.2 Å². The number of rotatable bonds is 6. The number of hydrogen-bond acceptors (Lipinski definition) is 5. The van der Waals surface area contributed by atoms with E-state index in [9.17, 15) is 18.4 Å². The molecule has 1 aliphatic heterocycles. The maximum Gasteiger partial charge on any atom is 0.200 e. The van der Waals surface area contributed by atoms with Gasteiger partial charge in [0.1, 0.15) is 23.0 Å². The van der Waals surface area contributed by atoms with Gasteiger partial charge in [0.25, 0.3) is 0 Å². The fourth-order valence-corrected chi connectivity index (χ4v) is 3.40. The van der Waals surface area contributed by atoms with Crippen molar-refractivity contribution in [2.24, 2.45) is 0 Å². The van der Waals surface area contributed by atoms with E-state index in [4.69, 9.17) is 5.11 Å². The fraction of sp³-hybridized carbons (Fsp3) is 0.0400. The molecule has 1 aliphatic rings. The van der Waals surface area contributed by atoms with Crippen LogP contribution < -0.4 is 10.6 Å². The molecule has 3 aromatic carbocycles. The predicted molar refractivity (Wildman–Crippen MR) is 118 cm³/mol. The molecule has 0 radical (unpaired) electrons. The van der Waals surface area contributed by atoms with Gasteiger partial charge in [-0.3, -0.25) is 9.59 Å². The lowest BCUT2D eigenvalue weighted by atomic mass is 9.94. The number of fused-ring (bicyclic) bond motifs is 1. The first kappa shape index (κ1) is 21.1. The van der Waals surface area contributed by atoms with Crippen LogP contribution in [0.25, 0.3) is 6.08 Å². The molecule has 1 heterocycles. The van der Waals surface area contributed by atoms with Gasteiger partial charge in [-0.15, -0.1) is 0 Å². The lowest BCUT2D eigenvalue weighted by molar-refractivity contribution is 0.0960. The number of carbonyl (C=O) groups excluding carboxylic acids is 2. The lowest BCUT2D eigenvalue weighted by Gasteiger charge is -2.12. The third kappa shape index (κ3) is 4.33. The van der Waals surface area contributed by atoms with Crippen molar-refractivity contribution in [2.45, 2.75) is 0 Å². The number of Topliss-reactive ketones (excluding diaryl/α,β-unsaturated/α-hetero) is 2. The van der Waals surface area contributed by atoms with Crippen molar-refractivity contribution >= 4 is 29.0 Å². The Morgan fingerprint density at radius 1 is 0.812 bits per heavy atom. The highest BCUT2D eigenvalue weighted by Gasteiger charge is 2.29. The first-order valence-electron chi connectivity index (χ1n) is 9.76. The number of allylic oxidation sites excluding steroid dienone is 1. The summed E-state index contributed by atoms with van der Waals surface area (Å²) >= 11 is 0. The van der Waals surface area contributed by atoms with Gasteiger partial charge in [-0.1, -0.05) is 42.5 Å². The Hall–Kier alpha value is -4.10. The fourth-order valence-electron chi connectivity index (χ4n) is 3.40. The normalized spacial score (nSPS) is 12.3. The third-order valence-corrected chi connectivity index (χ3v) is 4.84. The Balaban J connectivity index is 1.82. The number of carbonyl (C=O) groups is 2. The second kappa shape index (κ2) is 8.95. The topological polar surface area (TPSA) is 78.4 Å². The standard InChI is InChI=1S/C25H18F2N2O3/c26-18-12-17(13-19(27)14-18)24(32)22(25-28-20-8-1-2-9-21(20)29-25)23(31)16-7-3-5-15(11-16)6-4-10-30/h1-9,11-14,28-30H,10H2/b6-4+. The van der Waals surface area contributed by atoms with Crippen molar-refractivity contribution in [3.8, 4) is 0 Å². The van der Waals surface area contributed by atoms with Crippen molar-refractivity contribution in [2.75, 3.05) is 17.2 Å². The molecule has 0 saturated carbocycles.